The lowest BCUT2D eigenvalue weighted by molar-refractivity contribution is -0.118. The minimum absolute atomic E-state index is 0.0282. The summed E-state index contributed by atoms with van der Waals surface area (Å²) in [6.45, 7) is 5.43. The molecule has 33 heavy (non-hydrogen) atoms. The SMILES string of the molecule is CCCS(=O)(=O)Nc1ccc(NC(=O)C(NC(=O)c2cc(OC)cc(OC)c2)C(C)C)cc1. The quantitative estimate of drug-likeness (QED) is 0.457. The van der Waals surface area contributed by atoms with Crippen molar-refractivity contribution in [1.29, 1.82) is 0 Å². The number of methoxy groups -OCH3 is 2. The lowest BCUT2D eigenvalue weighted by atomic mass is 10.0. The van der Waals surface area contributed by atoms with E-state index in [1.807, 2.05) is 13.8 Å². The van der Waals surface area contributed by atoms with E-state index in [1.165, 1.54) is 14.2 Å². The van der Waals surface area contributed by atoms with Crippen LogP contribution in [0.15, 0.2) is 42.5 Å². The van der Waals surface area contributed by atoms with E-state index in [9.17, 15) is 18.0 Å². The number of carbonyl (C=O) groups is 2. The molecular weight excluding hydrogens is 446 g/mol. The molecule has 0 aliphatic carbocycles. The zero-order chi connectivity index (χ0) is 24.6. The van der Waals surface area contributed by atoms with Gasteiger partial charge in [0.05, 0.1) is 20.0 Å². The first kappa shape index (κ1) is 26.0. The van der Waals surface area contributed by atoms with Gasteiger partial charge in [-0.25, -0.2) is 8.42 Å². The van der Waals surface area contributed by atoms with E-state index in [1.54, 1.807) is 49.4 Å². The average molecular weight is 478 g/mol. The van der Waals surface area contributed by atoms with Crippen LogP contribution in [-0.2, 0) is 14.8 Å². The highest BCUT2D eigenvalue weighted by Gasteiger charge is 2.25. The number of hydrogen-bond donors (Lipinski definition) is 3. The molecule has 9 nitrogen and oxygen atoms in total. The normalized spacial score (nSPS) is 12.1. The number of anilines is 2. The zero-order valence-corrected chi connectivity index (χ0v) is 20.3. The molecule has 0 saturated heterocycles. The summed E-state index contributed by atoms with van der Waals surface area (Å²) in [5.41, 5.74) is 1.18. The second kappa shape index (κ2) is 11.6. The first-order chi connectivity index (χ1) is 15.6. The number of nitrogens with one attached hydrogen (secondary N) is 3. The Balaban J connectivity index is 2.10. The molecule has 0 heterocycles. The standard InChI is InChI=1S/C23H31N3O6S/c1-6-11-33(29,30)26-18-9-7-17(8-10-18)24-23(28)21(15(2)3)25-22(27)16-12-19(31-4)14-20(13-16)32-5/h7-10,12-15,21,26H,6,11H2,1-5H3,(H,24,28)(H,25,27). The fraction of sp³-hybridized carbons (Fsp3) is 0.391. The van der Waals surface area contributed by atoms with Crippen molar-refractivity contribution in [1.82, 2.24) is 5.32 Å². The molecule has 2 rings (SSSR count). The maximum atomic E-state index is 12.9. The molecule has 0 fully saturated rings. The van der Waals surface area contributed by atoms with E-state index in [-0.39, 0.29) is 11.7 Å². The van der Waals surface area contributed by atoms with Crippen molar-refractivity contribution in [2.75, 3.05) is 30.0 Å². The molecule has 0 aliphatic rings. The maximum Gasteiger partial charge on any atom is 0.252 e. The second-order valence-electron chi connectivity index (χ2n) is 7.78. The topological polar surface area (TPSA) is 123 Å². The van der Waals surface area contributed by atoms with Gasteiger partial charge in [0.25, 0.3) is 5.91 Å². The Hall–Kier alpha value is -3.27. The van der Waals surface area contributed by atoms with Crippen LogP contribution in [-0.4, -0.2) is 46.2 Å². The summed E-state index contributed by atoms with van der Waals surface area (Å²) in [6.07, 6.45) is 0.508. The van der Waals surface area contributed by atoms with Gasteiger partial charge in [-0.05, 0) is 48.7 Å². The number of amides is 2. The molecule has 2 aromatic carbocycles. The van der Waals surface area contributed by atoms with Gasteiger partial charge in [0.15, 0.2) is 0 Å². The fourth-order valence-electron chi connectivity index (χ4n) is 3.04. The number of hydrogen-bond acceptors (Lipinski definition) is 6. The largest absolute Gasteiger partial charge is 0.497 e. The number of benzene rings is 2. The van der Waals surface area contributed by atoms with Crippen molar-refractivity contribution in [3.05, 3.63) is 48.0 Å². The van der Waals surface area contributed by atoms with Crippen molar-refractivity contribution in [2.45, 2.75) is 33.2 Å². The van der Waals surface area contributed by atoms with Gasteiger partial charge in [0.1, 0.15) is 17.5 Å². The summed E-state index contributed by atoms with van der Waals surface area (Å²) in [7, 11) is -0.424. The molecule has 0 aliphatic heterocycles. The Morgan fingerprint density at radius 3 is 1.97 bits per heavy atom. The van der Waals surface area contributed by atoms with Gasteiger partial charge in [-0.3, -0.25) is 14.3 Å². The monoisotopic (exact) mass is 477 g/mol. The third-order valence-corrected chi connectivity index (χ3v) is 6.24. The van der Waals surface area contributed by atoms with Crippen molar-refractivity contribution in [3.8, 4) is 11.5 Å². The molecule has 2 aromatic rings. The van der Waals surface area contributed by atoms with Gasteiger partial charge in [-0.1, -0.05) is 20.8 Å². The Labute approximate surface area is 194 Å². The van der Waals surface area contributed by atoms with Crippen LogP contribution in [0.25, 0.3) is 0 Å². The Bertz CT molecular complexity index is 1050. The molecular formula is C23H31N3O6S. The lowest BCUT2D eigenvalue weighted by Gasteiger charge is -2.22. The molecule has 0 radical (unpaired) electrons. The molecule has 1 atom stereocenters. The summed E-state index contributed by atoms with van der Waals surface area (Å²) in [6, 6.07) is 10.3. The van der Waals surface area contributed by atoms with Crippen molar-refractivity contribution in [2.24, 2.45) is 5.92 Å². The molecule has 10 heteroatoms. The minimum Gasteiger partial charge on any atom is -0.497 e. The van der Waals surface area contributed by atoms with Crippen LogP contribution in [0.3, 0.4) is 0 Å². The van der Waals surface area contributed by atoms with Crippen LogP contribution >= 0.6 is 0 Å². The molecule has 0 spiro atoms. The average Bonchev–Trinajstić information content (AvgIpc) is 2.77. The summed E-state index contributed by atoms with van der Waals surface area (Å²) < 4.78 is 36.7. The first-order valence-corrected chi connectivity index (χ1v) is 12.2. The van der Waals surface area contributed by atoms with Gasteiger partial charge < -0.3 is 20.1 Å². The predicted molar refractivity (Wildman–Crippen MR) is 128 cm³/mol. The predicted octanol–water partition coefficient (Wildman–Crippen LogP) is 3.25. The van der Waals surface area contributed by atoms with E-state index in [0.29, 0.717) is 34.9 Å². The van der Waals surface area contributed by atoms with Crippen molar-refractivity contribution >= 4 is 33.2 Å². The Morgan fingerprint density at radius 1 is 0.939 bits per heavy atom. The smallest absolute Gasteiger partial charge is 0.252 e. The molecule has 0 saturated carbocycles. The highest BCUT2D eigenvalue weighted by molar-refractivity contribution is 7.92. The van der Waals surface area contributed by atoms with E-state index < -0.39 is 27.9 Å². The lowest BCUT2D eigenvalue weighted by Crippen LogP contribution is -2.47. The number of rotatable bonds is 11. The zero-order valence-electron chi connectivity index (χ0n) is 19.5. The summed E-state index contributed by atoms with van der Waals surface area (Å²) in [5, 5.41) is 5.52. The molecule has 3 N–H and O–H groups in total. The van der Waals surface area contributed by atoms with Gasteiger partial charge in [0.2, 0.25) is 15.9 Å². The molecule has 0 bridgehead atoms. The van der Waals surface area contributed by atoms with Crippen molar-refractivity contribution in [3.63, 3.8) is 0 Å². The summed E-state index contributed by atoms with van der Waals surface area (Å²) in [4.78, 5) is 25.7. The van der Waals surface area contributed by atoms with Gasteiger partial charge >= 0.3 is 0 Å². The Kier molecular flexibility index (Phi) is 9.10. The third kappa shape index (κ3) is 7.67. The molecule has 180 valence electrons. The first-order valence-electron chi connectivity index (χ1n) is 10.5. The maximum absolute atomic E-state index is 12.9. The minimum atomic E-state index is -3.40. The van der Waals surface area contributed by atoms with Crippen LogP contribution in [0.2, 0.25) is 0 Å². The van der Waals surface area contributed by atoms with Crippen LogP contribution in [0, 0.1) is 5.92 Å². The van der Waals surface area contributed by atoms with E-state index in [0.717, 1.165) is 0 Å². The molecule has 0 aromatic heterocycles. The van der Waals surface area contributed by atoms with Crippen LogP contribution in [0.1, 0.15) is 37.6 Å². The fourth-order valence-corrected chi connectivity index (χ4v) is 4.17. The third-order valence-electron chi connectivity index (χ3n) is 4.75. The van der Waals surface area contributed by atoms with Crippen LogP contribution in [0.4, 0.5) is 11.4 Å². The van der Waals surface area contributed by atoms with Crippen LogP contribution in [0.5, 0.6) is 11.5 Å². The number of sulfonamides is 1. The second-order valence-corrected chi connectivity index (χ2v) is 9.63. The van der Waals surface area contributed by atoms with Gasteiger partial charge in [-0.2, -0.15) is 0 Å². The Morgan fingerprint density at radius 2 is 1.48 bits per heavy atom. The highest BCUT2D eigenvalue weighted by atomic mass is 32.2. The highest BCUT2D eigenvalue weighted by Crippen LogP contribution is 2.23. The van der Waals surface area contributed by atoms with Gasteiger partial charge in [0, 0.05) is 23.0 Å². The van der Waals surface area contributed by atoms with E-state index in [4.69, 9.17) is 9.47 Å². The molecule has 2 amide bonds. The number of ether oxygens (including phenoxy) is 2. The van der Waals surface area contributed by atoms with Crippen LogP contribution < -0.4 is 24.8 Å². The van der Waals surface area contributed by atoms with E-state index in [2.05, 4.69) is 15.4 Å². The van der Waals surface area contributed by atoms with E-state index >= 15 is 0 Å². The number of carbonyl (C=O) groups excluding carboxylic acids is 2. The van der Waals surface area contributed by atoms with Gasteiger partial charge in [-0.15, -0.1) is 0 Å². The van der Waals surface area contributed by atoms with Crippen molar-refractivity contribution < 1.29 is 27.5 Å². The molecule has 1 unspecified atom stereocenters. The summed E-state index contributed by atoms with van der Waals surface area (Å²) >= 11 is 0. The summed E-state index contributed by atoms with van der Waals surface area (Å²) in [5.74, 6) is -0.0873.